The lowest BCUT2D eigenvalue weighted by atomic mass is 10.1. The summed E-state index contributed by atoms with van der Waals surface area (Å²) < 4.78 is 1.13. The third-order valence-electron chi connectivity index (χ3n) is 4.26. The second-order valence-electron chi connectivity index (χ2n) is 6.06. The predicted octanol–water partition coefficient (Wildman–Crippen LogP) is 4.00. The largest absolute Gasteiger partial charge is 0.494 e. The minimum atomic E-state index is -0.414. The molecule has 2 N–H and O–H groups in total. The van der Waals surface area contributed by atoms with Crippen molar-refractivity contribution in [2.75, 3.05) is 5.32 Å². The lowest BCUT2D eigenvalue weighted by Gasteiger charge is -2.13. The number of pyridine rings is 2. The van der Waals surface area contributed by atoms with Gasteiger partial charge >= 0.3 is 0 Å². The average Bonchev–Trinajstić information content (AvgIpc) is 2.70. The monoisotopic (exact) mass is 391 g/mol. The summed E-state index contributed by atoms with van der Waals surface area (Å²) in [5.41, 5.74) is 0.609. The summed E-state index contributed by atoms with van der Waals surface area (Å²) in [5.74, 6) is -0.578. The minimum absolute atomic E-state index is 0.199. The third-order valence-corrected chi connectivity index (χ3v) is 4.56. The maximum Gasteiger partial charge on any atom is 0.274 e. The van der Waals surface area contributed by atoms with E-state index in [9.17, 15) is 14.7 Å². The molecule has 2 heterocycles. The highest BCUT2D eigenvalue weighted by molar-refractivity contribution is 6.32. The molecule has 0 unspecified atom stereocenters. The highest BCUT2D eigenvalue weighted by Crippen LogP contribution is 2.30. The van der Waals surface area contributed by atoms with Crippen LogP contribution in [0.5, 0.6) is 5.88 Å². The molecule has 0 bridgehead atoms. The van der Waals surface area contributed by atoms with Gasteiger partial charge < -0.3 is 10.4 Å². The summed E-state index contributed by atoms with van der Waals surface area (Å²) in [5, 5.41) is 14.7. The zero-order chi connectivity index (χ0) is 19.7. The summed E-state index contributed by atoms with van der Waals surface area (Å²) in [6.07, 6.45) is 1.53. The molecule has 2 aromatic carbocycles. The van der Waals surface area contributed by atoms with Gasteiger partial charge in [0.25, 0.3) is 11.5 Å². The number of nitrogens with one attached hydrogen (secondary N) is 1. The van der Waals surface area contributed by atoms with Crippen molar-refractivity contribution in [2.24, 2.45) is 0 Å². The number of rotatable bonds is 3. The fraction of sp³-hybridized carbons (Fsp3) is 0. The third kappa shape index (κ3) is 3.21. The Kier molecular flexibility index (Phi) is 4.55. The molecule has 6 nitrogen and oxygen atoms in total. The van der Waals surface area contributed by atoms with Crippen LogP contribution in [-0.4, -0.2) is 20.6 Å². The van der Waals surface area contributed by atoms with Crippen molar-refractivity contribution in [2.45, 2.75) is 0 Å². The summed E-state index contributed by atoms with van der Waals surface area (Å²) in [6.45, 7) is 0. The lowest BCUT2D eigenvalue weighted by molar-refractivity contribution is 0.102. The molecule has 138 valence electrons. The molecule has 0 fully saturated rings. The molecule has 0 atom stereocenters. The Morgan fingerprint density at radius 2 is 1.82 bits per heavy atom. The van der Waals surface area contributed by atoms with Gasteiger partial charge in [-0.15, -0.1) is 0 Å². The van der Waals surface area contributed by atoms with Crippen LogP contribution in [0.3, 0.4) is 0 Å². The van der Waals surface area contributed by atoms with Crippen molar-refractivity contribution in [1.82, 2.24) is 9.55 Å². The zero-order valence-corrected chi connectivity index (χ0v) is 15.2. The predicted molar refractivity (Wildman–Crippen MR) is 108 cm³/mol. The van der Waals surface area contributed by atoms with Crippen LogP contribution in [0.4, 0.5) is 5.69 Å². The molecule has 0 aliphatic rings. The zero-order valence-electron chi connectivity index (χ0n) is 14.5. The van der Waals surface area contributed by atoms with Crippen molar-refractivity contribution in [3.8, 4) is 11.6 Å². The van der Waals surface area contributed by atoms with Gasteiger partial charge in [0, 0.05) is 23.3 Å². The van der Waals surface area contributed by atoms with E-state index in [0.29, 0.717) is 22.1 Å². The van der Waals surface area contributed by atoms with E-state index in [-0.39, 0.29) is 22.5 Å². The molecule has 2 aromatic heterocycles. The number of carbonyl (C=O) groups excluding carboxylic acids is 1. The number of carbonyl (C=O) groups is 1. The molecule has 0 spiro atoms. The lowest BCUT2D eigenvalue weighted by Crippen LogP contribution is -2.18. The van der Waals surface area contributed by atoms with Crippen LogP contribution in [0.1, 0.15) is 10.5 Å². The van der Waals surface area contributed by atoms with Crippen molar-refractivity contribution in [1.29, 1.82) is 0 Å². The van der Waals surface area contributed by atoms with Gasteiger partial charge in [0.2, 0.25) is 5.88 Å². The van der Waals surface area contributed by atoms with Crippen molar-refractivity contribution < 1.29 is 9.90 Å². The molecule has 0 radical (unpaired) electrons. The highest BCUT2D eigenvalue weighted by atomic mass is 35.5. The van der Waals surface area contributed by atoms with E-state index in [2.05, 4.69) is 10.3 Å². The molecule has 0 saturated heterocycles. The molecule has 0 saturated carbocycles. The number of halogens is 1. The SMILES string of the molecule is O=C(Nc1ccc(-n2c(O)c3ccccc3cc2=O)c(Cl)c1)c1ccccn1. The summed E-state index contributed by atoms with van der Waals surface area (Å²) in [7, 11) is 0. The first-order valence-corrected chi connectivity index (χ1v) is 8.78. The van der Waals surface area contributed by atoms with Crippen molar-refractivity contribution in [3.05, 3.63) is 94.0 Å². The van der Waals surface area contributed by atoms with Crippen LogP contribution in [0.25, 0.3) is 16.5 Å². The van der Waals surface area contributed by atoms with Crippen molar-refractivity contribution in [3.63, 3.8) is 0 Å². The van der Waals surface area contributed by atoms with Crippen LogP contribution in [0, 0.1) is 0 Å². The number of aromatic nitrogens is 2. The second kappa shape index (κ2) is 7.17. The van der Waals surface area contributed by atoms with Gasteiger partial charge in [-0.25, -0.2) is 4.57 Å². The smallest absolute Gasteiger partial charge is 0.274 e. The van der Waals surface area contributed by atoms with Gasteiger partial charge in [-0.1, -0.05) is 35.9 Å². The minimum Gasteiger partial charge on any atom is -0.494 e. The Hall–Kier alpha value is -3.64. The van der Waals surface area contributed by atoms with E-state index in [0.717, 1.165) is 4.57 Å². The van der Waals surface area contributed by atoms with Gasteiger partial charge in [0.05, 0.1) is 10.7 Å². The maximum absolute atomic E-state index is 12.5. The van der Waals surface area contributed by atoms with Gasteiger partial charge in [-0.05, 0) is 41.8 Å². The van der Waals surface area contributed by atoms with E-state index in [1.165, 1.54) is 18.3 Å². The Morgan fingerprint density at radius 1 is 1.04 bits per heavy atom. The fourth-order valence-corrected chi connectivity index (χ4v) is 3.20. The van der Waals surface area contributed by atoms with Crippen LogP contribution >= 0.6 is 11.6 Å². The van der Waals surface area contributed by atoms with E-state index in [4.69, 9.17) is 11.6 Å². The number of hydrogen-bond donors (Lipinski definition) is 2. The Balaban J connectivity index is 1.72. The number of anilines is 1. The van der Waals surface area contributed by atoms with Crippen LogP contribution in [-0.2, 0) is 0 Å². The quantitative estimate of drug-likeness (QED) is 0.553. The van der Waals surface area contributed by atoms with E-state index in [1.54, 1.807) is 54.6 Å². The first-order chi connectivity index (χ1) is 13.5. The molecule has 1 amide bonds. The molecule has 4 aromatic rings. The number of benzene rings is 2. The molecule has 4 rings (SSSR count). The van der Waals surface area contributed by atoms with Gasteiger partial charge in [-0.2, -0.15) is 0 Å². The molecular formula is C21H14ClN3O3. The van der Waals surface area contributed by atoms with Crippen molar-refractivity contribution >= 4 is 34.0 Å². The van der Waals surface area contributed by atoms with Gasteiger partial charge in [0.1, 0.15) is 5.69 Å². The highest BCUT2D eigenvalue weighted by Gasteiger charge is 2.14. The molecule has 28 heavy (non-hydrogen) atoms. The normalized spacial score (nSPS) is 10.8. The van der Waals surface area contributed by atoms with E-state index < -0.39 is 5.56 Å². The fourth-order valence-electron chi connectivity index (χ4n) is 2.94. The van der Waals surface area contributed by atoms with Gasteiger partial charge in [-0.3, -0.25) is 14.6 Å². The topological polar surface area (TPSA) is 84.2 Å². The standard InChI is InChI=1S/C21H14ClN3O3/c22-16-12-14(24-20(27)17-7-3-4-10-23-17)8-9-18(16)25-19(26)11-13-5-1-2-6-15(13)21(25)28/h1-12,28H,(H,24,27). The number of aromatic hydroxyl groups is 1. The van der Waals surface area contributed by atoms with Crippen LogP contribution in [0.2, 0.25) is 5.02 Å². The second-order valence-corrected chi connectivity index (χ2v) is 6.47. The summed E-state index contributed by atoms with van der Waals surface area (Å²) in [4.78, 5) is 28.7. The maximum atomic E-state index is 12.5. The number of fused-ring (bicyclic) bond motifs is 1. The Bertz CT molecular complexity index is 1250. The van der Waals surface area contributed by atoms with Crippen LogP contribution < -0.4 is 10.9 Å². The molecule has 0 aliphatic carbocycles. The van der Waals surface area contributed by atoms with Crippen LogP contribution in [0.15, 0.2) is 77.7 Å². The van der Waals surface area contributed by atoms with Gasteiger partial charge in [0.15, 0.2) is 0 Å². The van der Waals surface area contributed by atoms with E-state index >= 15 is 0 Å². The molecule has 7 heteroatoms. The molecular weight excluding hydrogens is 378 g/mol. The first-order valence-electron chi connectivity index (χ1n) is 8.40. The van der Waals surface area contributed by atoms with E-state index in [1.807, 2.05) is 0 Å². The first kappa shape index (κ1) is 17.8. The number of amides is 1. The number of nitrogens with zero attached hydrogens (tertiary/aromatic N) is 2. The molecule has 0 aliphatic heterocycles. The Labute approximate surface area is 164 Å². The summed E-state index contributed by atoms with van der Waals surface area (Å²) in [6, 6.07) is 18.2. The summed E-state index contributed by atoms with van der Waals surface area (Å²) >= 11 is 6.35. The Morgan fingerprint density at radius 3 is 2.57 bits per heavy atom. The average molecular weight is 392 g/mol. The number of hydrogen-bond acceptors (Lipinski definition) is 4.